The Hall–Kier alpha value is -1.92. The van der Waals surface area contributed by atoms with Crippen molar-refractivity contribution >= 4 is 115 Å². The van der Waals surface area contributed by atoms with Gasteiger partial charge < -0.3 is 67.9 Å². The highest BCUT2D eigenvalue weighted by atomic mass is 127. The second kappa shape index (κ2) is 23.6. The number of anilines is 2. The average Bonchev–Trinajstić information content (AvgIpc) is 3.12. The lowest BCUT2D eigenvalue weighted by molar-refractivity contribution is 0.0793. The molecule has 0 saturated heterocycles. The molecule has 280 valence electrons. The number of halogens is 4. The topological polar surface area (TPSA) is 316 Å². The molecule has 0 heterocycles. The predicted molar refractivity (Wildman–Crippen MR) is 207 cm³/mol. The van der Waals surface area contributed by atoms with Gasteiger partial charge in [-0.1, -0.05) is 0 Å². The number of benzene rings is 2. The summed E-state index contributed by atoms with van der Waals surface area (Å²) in [5.74, 6) is -2.22. The van der Waals surface area contributed by atoms with Crippen LogP contribution in [-0.4, -0.2) is 142 Å². The van der Waals surface area contributed by atoms with Gasteiger partial charge in [-0.25, -0.2) is 0 Å². The van der Waals surface area contributed by atoms with Crippen molar-refractivity contribution in [1.29, 1.82) is 0 Å². The summed E-state index contributed by atoms with van der Waals surface area (Å²) in [6.45, 7) is -2.60. The van der Waals surface area contributed by atoms with Crippen molar-refractivity contribution in [2.24, 2.45) is 0 Å². The van der Waals surface area contributed by atoms with Crippen LogP contribution in [-0.2, 0) is 0 Å². The van der Waals surface area contributed by atoms with E-state index < -0.39 is 74.5 Å². The number of carbonyl (C=O) groups excluding carboxylic acids is 4. The van der Waals surface area contributed by atoms with E-state index in [0.717, 1.165) is 0 Å². The third-order valence-electron chi connectivity index (χ3n) is 6.21. The Kier molecular flexibility index (Phi) is 21.8. The molecule has 0 saturated carbocycles. The fourth-order valence-corrected chi connectivity index (χ4v) is 7.76. The van der Waals surface area contributed by atoms with Gasteiger partial charge in [-0.05, 0) is 86.0 Å². The zero-order valence-electron chi connectivity index (χ0n) is 26.0. The molecule has 0 aromatic heterocycles. The second-order valence-corrected chi connectivity index (χ2v) is 13.6. The third kappa shape index (κ3) is 14.6. The van der Waals surface area contributed by atoms with Gasteiger partial charge in [0.05, 0.1) is 80.5 Å². The highest BCUT2D eigenvalue weighted by molar-refractivity contribution is 14.1. The van der Waals surface area contributed by atoms with E-state index in [1.807, 2.05) is 67.8 Å². The van der Waals surface area contributed by atoms with Crippen molar-refractivity contribution in [2.75, 3.05) is 63.2 Å². The minimum absolute atomic E-state index is 0.110. The van der Waals surface area contributed by atoms with Crippen LogP contribution >= 0.6 is 79.5 Å². The monoisotopic (exact) mass is 1070 g/mol. The zero-order valence-corrected chi connectivity index (χ0v) is 33.2. The number of amides is 4. The van der Waals surface area contributed by atoms with Crippen molar-refractivity contribution in [3.63, 3.8) is 0 Å². The van der Waals surface area contributed by atoms with Gasteiger partial charge in [0.15, 0.2) is 0 Å². The minimum atomic E-state index is -1.10. The Labute approximate surface area is 332 Å². The molecule has 2 aromatic carbocycles. The van der Waals surface area contributed by atoms with Crippen LogP contribution in [0.15, 0.2) is 18.2 Å². The summed E-state index contributed by atoms with van der Waals surface area (Å²) >= 11 is 11.2. The molecule has 4 unspecified atom stereocenters. The number of carbonyl (C=O) groups is 4. The van der Waals surface area contributed by atoms with E-state index >= 15 is 0 Å². The summed E-state index contributed by atoms with van der Waals surface area (Å²) in [5.41, 5.74) is 7.17. The summed E-state index contributed by atoms with van der Waals surface area (Å²) in [6.07, 6.45) is -4.38. The van der Waals surface area contributed by atoms with Crippen LogP contribution in [0, 0.1) is 10.7 Å². The van der Waals surface area contributed by atoms with E-state index in [-0.39, 0.29) is 54.1 Å². The molecule has 22 heteroatoms. The summed E-state index contributed by atoms with van der Waals surface area (Å²) < 4.78 is 1.27. The Morgan fingerprint density at radius 1 is 0.580 bits per heavy atom. The highest BCUT2D eigenvalue weighted by Crippen LogP contribution is 2.33. The van der Waals surface area contributed by atoms with Gasteiger partial charge in [0, 0.05) is 52.7 Å². The van der Waals surface area contributed by atoms with Crippen LogP contribution in [0.2, 0.25) is 0 Å². The normalized spacial score (nSPS) is 13.1. The summed E-state index contributed by atoms with van der Waals surface area (Å²) in [7, 11) is 0. The molecule has 0 aliphatic carbocycles. The van der Waals surface area contributed by atoms with Gasteiger partial charge in [-0.2, -0.15) is 0 Å². The van der Waals surface area contributed by atoms with Crippen molar-refractivity contribution in [1.82, 2.24) is 21.3 Å². The molecular formula is C28H38ClI3N6O12. The number of nitrogens with two attached hydrogens (primary N) is 1. The third-order valence-corrected chi connectivity index (χ3v) is 9.75. The molecule has 18 nitrogen and oxygen atoms in total. The van der Waals surface area contributed by atoms with Crippen LogP contribution in [0.1, 0.15) is 41.4 Å². The first-order valence-electron chi connectivity index (χ1n) is 14.3. The molecule has 50 heavy (non-hydrogen) atoms. The Bertz CT molecular complexity index is 1380. The van der Waals surface area contributed by atoms with Gasteiger partial charge in [-0.3, -0.25) is 24.0 Å². The maximum Gasteiger partial charge on any atom is 0.253 e. The molecule has 15 N–H and O–H groups in total. The molecule has 0 fully saturated rings. The summed E-state index contributed by atoms with van der Waals surface area (Å²) in [5, 5.41) is 82.1. The molecule has 0 aliphatic heterocycles. The molecule has 0 aliphatic rings. The first-order chi connectivity index (χ1) is 23.6. The second-order valence-electron chi connectivity index (χ2n) is 10.2. The Morgan fingerprint density at radius 2 is 0.880 bits per heavy atom. The van der Waals surface area contributed by atoms with E-state index in [2.05, 4.69) is 26.1 Å². The van der Waals surface area contributed by atoms with Crippen molar-refractivity contribution in [3.8, 4) is 0 Å². The van der Waals surface area contributed by atoms with E-state index in [0.29, 0.717) is 16.4 Å². The lowest BCUT2D eigenvalue weighted by Crippen LogP contribution is -2.37. The largest absolute Gasteiger partial charge is 0.397 e. The number of aliphatic hydroxyl groups excluding tert-OH is 8. The van der Waals surface area contributed by atoms with Crippen molar-refractivity contribution in [2.45, 2.75) is 24.4 Å². The lowest BCUT2D eigenvalue weighted by atomic mass is 10.1. The quantitative estimate of drug-likeness (QED) is 0.0449. The van der Waals surface area contributed by atoms with Crippen LogP contribution in [0.5, 0.6) is 0 Å². The zero-order chi connectivity index (χ0) is 38.1. The predicted octanol–water partition coefficient (Wildman–Crippen LogP) is -2.33. The molecular weight excluding hydrogens is 1030 g/mol. The molecule has 0 spiro atoms. The fraction of sp³-hybridized carbons (Fsp3) is 0.429. The highest BCUT2D eigenvalue weighted by Gasteiger charge is 2.27. The summed E-state index contributed by atoms with van der Waals surface area (Å²) in [6, 6.07) is 4.10. The molecule has 2 aromatic rings. The number of nitrogens with one attached hydrogen (secondary N) is 5. The van der Waals surface area contributed by atoms with Gasteiger partial charge in [0.1, 0.15) is 0 Å². The van der Waals surface area contributed by atoms with Gasteiger partial charge in [0.2, 0.25) is 0 Å². The SMILES string of the molecule is Nc1c(I)c(C(=O)NCC(O)CO)c(I)c(C(=O)NCC(O)CO)c1I.O=C(NCC(O)CO)c1cc(NCl)cc(C(=O)NCC(O)CO)c1. The maximum atomic E-state index is 12.5. The number of hydrogen-bond acceptors (Lipinski definition) is 14. The standard InChI is InChI=1S/C14H20ClN3O6.C14H18I3N3O6/c15-18-10-2-8(13(23)16-4-11(21)6-19)1-9(3-10)14(24)17-5-12(22)7-20;15-9-7(13(25)19-1-5(23)3-21)10(16)12(18)11(17)8(9)14(26)20-2-6(24)4-22/h1-3,11-12,18-22H,4-7H2,(H,16,23)(H,17,24);5-6,21-24H,1-4,18H2,(H,19,25)(H,20,26). The fourth-order valence-electron chi connectivity index (χ4n) is 3.51. The molecule has 4 atom stereocenters. The maximum absolute atomic E-state index is 12.5. The molecule has 4 amide bonds. The lowest BCUT2D eigenvalue weighted by Gasteiger charge is -2.18. The molecule has 0 bridgehead atoms. The number of nitrogen functional groups attached to an aromatic ring is 1. The number of aliphatic hydroxyl groups is 8. The average molecular weight is 1070 g/mol. The summed E-state index contributed by atoms with van der Waals surface area (Å²) in [4.78, 5) is 51.3. The first kappa shape index (κ1) is 46.1. The van der Waals surface area contributed by atoms with E-state index in [4.69, 9.17) is 37.9 Å². The number of hydrogen-bond donors (Lipinski definition) is 14. The Morgan fingerprint density at radius 3 is 1.16 bits per heavy atom. The molecule has 2 rings (SSSR count). The van der Waals surface area contributed by atoms with Crippen molar-refractivity contribution < 1.29 is 60.0 Å². The first-order valence-corrected chi connectivity index (χ1v) is 17.9. The van der Waals surface area contributed by atoms with Crippen molar-refractivity contribution in [3.05, 3.63) is 51.2 Å². The van der Waals surface area contributed by atoms with Gasteiger partial charge >= 0.3 is 0 Å². The van der Waals surface area contributed by atoms with Crippen LogP contribution in [0.4, 0.5) is 11.4 Å². The van der Waals surface area contributed by atoms with Crippen LogP contribution in [0.25, 0.3) is 0 Å². The van der Waals surface area contributed by atoms with E-state index in [1.165, 1.54) is 18.2 Å². The molecule has 0 radical (unpaired) electrons. The van der Waals surface area contributed by atoms with Crippen LogP contribution < -0.4 is 31.8 Å². The number of rotatable bonds is 17. The van der Waals surface area contributed by atoms with E-state index in [1.54, 1.807) is 0 Å². The van der Waals surface area contributed by atoms with Gasteiger partial charge in [0.25, 0.3) is 23.6 Å². The van der Waals surface area contributed by atoms with E-state index in [9.17, 15) is 39.6 Å². The Balaban J connectivity index is 0.000000502. The smallest absolute Gasteiger partial charge is 0.253 e. The van der Waals surface area contributed by atoms with Gasteiger partial charge in [-0.15, -0.1) is 0 Å². The van der Waals surface area contributed by atoms with Crippen LogP contribution in [0.3, 0.4) is 0 Å². The minimum Gasteiger partial charge on any atom is -0.397 e.